The molecule has 0 bridgehead atoms. The molecule has 1 aliphatic rings. The van der Waals surface area contributed by atoms with E-state index in [1.54, 1.807) is 48.1 Å². The van der Waals surface area contributed by atoms with Crippen molar-refractivity contribution >= 4 is 46.2 Å². The van der Waals surface area contributed by atoms with Crippen LogP contribution in [-0.4, -0.2) is 30.0 Å². The van der Waals surface area contributed by atoms with E-state index in [1.807, 2.05) is 43.3 Å². The lowest BCUT2D eigenvalue weighted by molar-refractivity contribution is -0.113. The van der Waals surface area contributed by atoms with Crippen LogP contribution in [-0.2, 0) is 4.79 Å². The molecule has 1 amide bonds. The fourth-order valence-corrected chi connectivity index (χ4v) is 3.66. The molecule has 1 atom stereocenters. The number of amidine groups is 1. The van der Waals surface area contributed by atoms with Crippen LogP contribution in [0.1, 0.15) is 12.5 Å². The van der Waals surface area contributed by atoms with Gasteiger partial charge in [0.25, 0.3) is 5.91 Å². The summed E-state index contributed by atoms with van der Waals surface area (Å²) in [6.07, 6.45) is 3.33. The van der Waals surface area contributed by atoms with Gasteiger partial charge in [0.2, 0.25) is 0 Å². The van der Waals surface area contributed by atoms with Gasteiger partial charge in [0.05, 0.1) is 18.8 Å². The average molecular weight is 387 g/mol. The Labute approximate surface area is 162 Å². The molecule has 0 aromatic heterocycles. The first-order valence-electron chi connectivity index (χ1n) is 8.19. The predicted molar refractivity (Wildman–Crippen MR) is 110 cm³/mol. The maximum Gasteiger partial charge on any atom is 0.257 e. The zero-order chi connectivity index (χ0) is 18.5. The molecule has 4 nitrogen and oxygen atoms in total. The number of carbonyl (C=O) groups is 1. The molecule has 134 valence electrons. The number of carbonyl (C=O) groups excluding carboxylic acids is 1. The highest BCUT2D eigenvalue weighted by Crippen LogP contribution is 2.27. The van der Waals surface area contributed by atoms with Gasteiger partial charge in [-0.25, -0.2) is 0 Å². The molecule has 0 saturated carbocycles. The van der Waals surface area contributed by atoms with Crippen molar-refractivity contribution in [1.82, 2.24) is 0 Å². The maximum absolute atomic E-state index is 12.9. The molecule has 2 aromatic rings. The monoisotopic (exact) mass is 386 g/mol. The standard InChI is InChI=1S/C20H19ClN2O2S/c1-14-13-26-20(22-14)23(17-9-7-16(21)8-10-17)19(24)11-6-15-4-3-5-18(12-15)25-2/h3-12,14H,13H2,1-2H3/b11-6+/t14-/m1/s1. The molecule has 0 N–H and O–H groups in total. The van der Waals surface area contributed by atoms with Crippen molar-refractivity contribution < 1.29 is 9.53 Å². The minimum atomic E-state index is -0.157. The van der Waals surface area contributed by atoms with E-state index in [2.05, 4.69) is 4.99 Å². The Morgan fingerprint density at radius 1 is 1.31 bits per heavy atom. The lowest BCUT2D eigenvalue weighted by atomic mass is 10.2. The number of nitrogens with zero attached hydrogens (tertiary/aromatic N) is 2. The third-order valence-electron chi connectivity index (χ3n) is 3.79. The zero-order valence-corrected chi connectivity index (χ0v) is 16.1. The van der Waals surface area contributed by atoms with Crippen molar-refractivity contribution in [3.05, 3.63) is 65.2 Å². The van der Waals surface area contributed by atoms with Crippen LogP contribution in [0.25, 0.3) is 6.08 Å². The van der Waals surface area contributed by atoms with Crippen molar-refractivity contribution in [2.75, 3.05) is 17.8 Å². The quantitative estimate of drug-likeness (QED) is 0.703. The molecule has 0 aliphatic carbocycles. The number of amides is 1. The van der Waals surface area contributed by atoms with Crippen LogP contribution in [0.2, 0.25) is 5.02 Å². The van der Waals surface area contributed by atoms with Gasteiger partial charge in [0.15, 0.2) is 5.17 Å². The van der Waals surface area contributed by atoms with E-state index in [1.165, 1.54) is 0 Å². The van der Waals surface area contributed by atoms with Crippen molar-refractivity contribution in [1.29, 1.82) is 0 Å². The van der Waals surface area contributed by atoms with E-state index in [-0.39, 0.29) is 11.9 Å². The molecule has 6 heteroatoms. The normalized spacial score (nSPS) is 16.6. The van der Waals surface area contributed by atoms with E-state index in [0.717, 1.165) is 22.8 Å². The minimum Gasteiger partial charge on any atom is -0.497 e. The van der Waals surface area contributed by atoms with Crippen LogP contribution in [0, 0.1) is 0 Å². The fourth-order valence-electron chi connectivity index (χ4n) is 2.49. The molecule has 0 fully saturated rings. The molecule has 3 rings (SSSR count). The number of thioether (sulfide) groups is 1. The summed E-state index contributed by atoms with van der Waals surface area (Å²) in [5, 5.41) is 1.34. The van der Waals surface area contributed by atoms with Crippen LogP contribution < -0.4 is 9.64 Å². The predicted octanol–water partition coefficient (Wildman–Crippen LogP) is 4.89. The van der Waals surface area contributed by atoms with Gasteiger partial charge in [-0.2, -0.15) is 0 Å². The van der Waals surface area contributed by atoms with Gasteiger partial charge in [-0.15, -0.1) is 0 Å². The Balaban J connectivity index is 1.88. The third kappa shape index (κ3) is 4.48. The van der Waals surface area contributed by atoms with Crippen LogP contribution in [0.15, 0.2) is 59.6 Å². The number of ether oxygens (including phenoxy) is 1. The van der Waals surface area contributed by atoms with Crippen molar-refractivity contribution in [3.8, 4) is 5.75 Å². The van der Waals surface area contributed by atoms with Gasteiger partial charge in [-0.1, -0.05) is 35.5 Å². The summed E-state index contributed by atoms with van der Waals surface area (Å²) in [6, 6.07) is 14.9. The van der Waals surface area contributed by atoms with E-state index in [0.29, 0.717) is 10.2 Å². The highest BCUT2D eigenvalue weighted by molar-refractivity contribution is 8.14. The average Bonchev–Trinajstić information content (AvgIpc) is 3.08. The smallest absolute Gasteiger partial charge is 0.257 e. The van der Waals surface area contributed by atoms with Crippen LogP contribution in [0.4, 0.5) is 5.69 Å². The van der Waals surface area contributed by atoms with Gasteiger partial charge in [0.1, 0.15) is 5.75 Å². The summed E-state index contributed by atoms with van der Waals surface area (Å²) < 4.78 is 5.22. The highest BCUT2D eigenvalue weighted by Gasteiger charge is 2.25. The van der Waals surface area contributed by atoms with Crippen molar-refractivity contribution in [2.24, 2.45) is 4.99 Å². The number of halogens is 1. The zero-order valence-electron chi connectivity index (χ0n) is 14.6. The van der Waals surface area contributed by atoms with E-state index in [4.69, 9.17) is 16.3 Å². The van der Waals surface area contributed by atoms with Crippen LogP contribution in [0.5, 0.6) is 5.75 Å². The van der Waals surface area contributed by atoms with Crippen LogP contribution in [0.3, 0.4) is 0 Å². The lowest BCUT2D eigenvalue weighted by Gasteiger charge is -2.20. The van der Waals surface area contributed by atoms with Gasteiger partial charge in [-0.3, -0.25) is 14.7 Å². The topological polar surface area (TPSA) is 41.9 Å². The SMILES string of the molecule is COc1cccc(/C=C/C(=O)N(C2=N[C@H](C)CS2)c2ccc(Cl)cc2)c1. The molecule has 2 aromatic carbocycles. The Hall–Kier alpha value is -2.24. The molecule has 0 spiro atoms. The second kappa shape index (κ2) is 8.43. The van der Waals surface area contributed by atoms with E-state index >= 15 is 0 Å². The second-order valence-electron chi connectivity index (χ2n) is 5.83. The molecular weight excluding hydrogens is 368 g/mol. The molecule has 26 heavy (non-hydrogen) atoms. The van der Waals surface area contributed by atoms with Gasteiger partial charge < -0.3 is 4.74 Å². The first-order chi connectivity index (χ1) is 12.6. The molecule has 0 unspecified atom stereocenters. The summed E-state index contributed by atoms with van der Waals surface area (Å²) in [4.78, 5) is 19.1. The molecule has 1 aliphatic heterocycles. The summed E-state index contributed by atoms with van der Waals surface area (Å²) in [6.45, 7) is 2.04. The Kier molecular flexibility index (Phi) is 6.01. The summed E-state index contributed by atoms with van der Waals surface area (Å²) in [5.41, 5.74) is 1.64. The first kappa shape index (κ1) is 18.5. The van der Waals surface area contributed by atoms with E-state index in [9.17, 15) is 4.79 Å². The molecule has 0 saturated heterocycles. The van der Waals surface area contributed by atoms with Crippen molar-refractivity contribution in [2.45, 2.75) is 13.0 Å². The maximum atomic E-state index is 12.9. The number of aliphatic imine (C=N–C) groups is 1. The highest BCUT2D eigenvalue weighted by atomic mass is 35.5. The number of hydrogen-bond acceptors (Lipinski definition) is 4. The van der Waals surface area contributed by atoms with Crippen LogP contribution >= 0.6 is 23.4 Å². The van der Waals surface area contributed by atoms with Gasteiger partial charge in [0, 0.05) is 16.9 Å². The Morgan fingerprint density at radius 3 is 2.73 bits per heavy atom. The molecular formula is C20H19ClN2O2S. The number of rotatable bonds is 4. The second-order valence-corrected chi connectivity index (χ2v) is 7.26. The lowest BCUT2D eigenvalue weighted by Crippen LogP contribution is -2.33. The summed E-state index contributed by atoms with van der Waals surface area (Å²) in [5.74, 6) is 1.46. The Morgan fingerprint density at radius 2 is 2.08 bits per heavy atom. The third-order valence-corrected chi connectivity index (χ3v) is 5.24. The number of anilines is 1. The van der Waals surface area contributed by atoms with E-state index < -0.39 is 0 Å². The molecule has 1 heterocycles. The molecule has 0 radical (unpaired) electrons. The Bertz CT molecular complexity index is 849. The number of benzene rings is 2. The summed E-state index contributed by atoms with van der Waals surface area (Å²) in [7, 11) is 1.62. The first-order valence-corrected chi connectivity index (χ1v) is 9.55. The van der Waals surface area contributed by atoms with Gasteiger partial charge in [-0.05, 0) is 55.0 Å². The summed E-state index contributed by atoms with van der Waals surface area (Å²) >= 11 is 7.57. The number of methoxy groups -OCH3 is 1. The largest absolute Gasteiger partial charge is 0.497 e. The fraction of sp³-hybridized carbons (Fsp3) is 0.200. The van der Waals surface area contributed by atoms with Crippen molar-refractivity contribution in [3.63, 3.8) is 0 Å². The van der Waals surface area contributed by atoms with Gasteiger partial charge >= 0.3 is 0 Å². The minimum absolute atomic E-state index is 0.157. The number of hydrogen-bond donors (Lipinski definition) is 0.